The second-order valence-corrected chi connectivity index (χ2v) is 10.8. The van der Waals surface area contributed by atoms with E-state index in [1.54, 1.807) is 0 Å². The predicted molar refractivity (Wildman–Crippen MR) is 38.4 cm³/mol. The second-order valence-electron chi connectivity index (χ2n) is 3.60. The van der Waals surface area contributed by atoms with Gasteiger partial charge in [0, 0.05) is 0 Å². The molecular weight excluding hydrogens is 90.9 g/mol. The van der Waals surface area contributed by atoms with Crippen LogP contribution >= 0.6 is 8.59 Å². The van der Waals surface area contributed by atoms with Crippen LogP contribution in [0.25, 0.3) is 0 Å². The predicted octanol–water partition coefficient (Wildman–Crippen LogP) is 0.662. The molecule has 0 aromatic heterocycles. The molecule has 0 aliphatic rings. The van der Waals surface area contributed by atoms with Gasteiger partial charge < -0.3 is 0 Å². The molecule has 0 nitrogen and oxygen atoms in total. The molecule has 0 aliphatic heterocycles. The van der Waals surface area contributed by atoms with Gasteiger partial charge in [-0.3, -0.25) is 0 Å². The van der Waals surface area contributed by atoms with Crippen LogP contribution in [0.5, 0.6) is 0 Å². The normalized spacial score (nSPS) is 18.8. The fourth-order valence-corrected chi connectivity index (χ4v) is 0. The molecule has 38 valence electrons. The van der Waals surface area contributed by atoms with Crippen LogP contribution < -0.4 is 0 Å². The molecular formula is C4H13BS. The molecule has 0 unspecified atom stereocenters. The summed E-state index contributed by atoms with van der Waals surface area (Å²) >= 11 is 0. The third-order valence-corrected chi connectivity index (χ3v) is 0. The minimum absolute atomic E-state index is 1.10. The molecule has 0 aliphatic carbocycles. The molecule has 0 aromatic rings. The number of hydrogen-bond donors (Lipinski definition) is 0. The Bertz CT molecular complexity index is 85.2. The van der Waals surface area contributed by atoms with E-state index in [2.05, 4.69) is 31.7 Å². The Kier molecular flexibility index (Phi) is 1.04. The molecule has 0 spiro atoms. The molecule has 0 radical (unpaired) electrons. The first-order valence-electron chi connectivity index (χ1n) is 1.92. The summed E-state index contributed by atoms with van der Waals surface area (Å²) in [6.07, 6.45) is 8.82. The SMILES string of the molecule is B=S(C)(C)(C)C. The van der Waals surface area contributed by atoms with Gasteiger partial charge in [0.1, 0.15) is 0 Å². The Labute approximate surface area is 41.1 Å². The van der Waals surface area contributed by atoms with E-state index >= 15 is 0 Å². The van der Waals surface area contributed by atoms with Gasteiger partial charge in [0.25, 0.3) is 0 Å². The Morgan fingerprint density at radius 1 is 1.00 bits per heavy atom. The van der Waals surface area contributed by atoms with Crippen molar-refractivity contribution in [3.05, 3.63) is 0 Å². The van der Waals surface area contributed by atoms with Crippen molar-refractivity contribution < 1.29 is 0 Å². The van der Waals surface area contributed by atoms with Crippen molar-refractivity contribution in [1.29, 1.82) is 0 Å². The maximum absolute atomic E-state index is 4.01. The number of rotatable bonds is 0. The average Bonchev–Trinajstić information content (AvgIpc) is 0.650. The van der Waals surface area contributed by atoms with Crippen LogP contribution in [-0.4, -0.2) is 31.7 Å². The zero-order valence-electron chi connectivity index (χ0n) is 5.12. The molecule has 0 aromatic carbocycles. The van der Waals surface area contributed by atoms with Gasteiger partial charge >= 0.3 is 40.3 Å². The van der Waals surface area contributed by atoms with Gasteiger partial charge in [0.05, 0.1) is 0 Å². The molecule has 0 heterocycles. The first kappa shape index (κ1) is 6.41. The molecule has 0 bridgehead atoms. The van der Waals surface area contributed by atoms with Crippen molar-refractivity contribution in [3.8, 4) is 0 Å². The molecule has 0 saturated heterocycles. The Morgan fingerprint density at radius 3 is 1.00 bits per heavy atom. The summed E-state index contributed by atoms with van der Waals surface area (Å²) in [5.74, 6) is 0. The van der Waals surface area contributed by atoms with Crippen LogP contribution in [0.4, 0.5) is 0 Å². The van der Waals surface area contributed by atoms with E-state index in [1.807, 2.05) is 0 Å². The zero-order chi connectivity index (χ0) is 5.45. The van der Waals surface area contributed by atoms with Crippen LogP contribution in [0.2, 0.25) is 0 Å². The molecule has 0 rings (SSSR count). The van der Waals surface area contributed by atoms with Crippen LogP contribution in [0.1, 0.15) is 0 Å². The van der Waals surface area contributed by atoms with Crippen molar-refractivity contribution in [2.75, 3.05) is 25.0 Å². The Balaban J connectivity index is 4.16. The first-order chi connectivity index (χ1) is 2.24. The van der Waals surface area contributed by atoms with Crippen molar-refractivity contribution in [2.24, 2.45) is 0 Å². The second kappa shape index (κ2) is 0.973. The van der Waals surface area contributed by atoms with Crippen molar-refractivity contribution in [2.45, 2.75) is 0 Å². The molecule has 2 heteroatoms. The van der Waals surface area contributed by atoms with Gasteiger partial charge in [-0.05, 0) is 0 Å². The summed E-state index contributed by atoms with van der Waals surface area (Å²) in [6.45, 7) is 4.01. The summed E-state index contributed by atoms with van der Waals surface area (Å²) in [4.78, 5) is 0. The molecule has 0 fully saturated rings. The van der Waals surface area contributed by atoms with E-state index in [0.717, 1.165) is 0 Å². The van der Waals surface area contributed by atoms with Gasteiger partial charge in [-0.15, -0.1) is 0 Å². The fraction of sp³-hybridized carbons (Fsp3) is 1.00. The van der Waals surface area contributed by atoms with E-state index in [9.17, 15) is 0 Å². The maximum atomic E-state index is 4.01. The van der Waals surface area contributed by atoms with Crippen molar-refractivity contribution in [3.63, 3.8) is 0 Å². The zero-order valence-corrected chi connectivity index (χ0v) is 5.93. The minimum atomic E-state index is -1.10. The Hall–Kier alpha value is 0.415. The van der Waals surface area contributed by atoms with E-state index in [0.29, 0.717) is 0 Å². The van der Waals surface area contributed by atoms with Crippen LogP contribution in [-0.2, 0) is 0 Å². The van der Waals surface area contributed by atoms with Crippen LogP contribution in [0.3, 0.4) is 0 Å². The van der Waals surface area contributed by atoms with Gasteiger partial charge in [-0.25, -0.2) is 0 Å². The molecule has 0 atom stereocenters. The molecule has 0 saturated carbocycles. The Morgan fingerprint density at radius 2 is 1.00 bits per heavy atom. The fourth-order valence-electron chi connectivity index (χ4n) is 0. The average molecular weight is 104 g/mol. The van der Waals surface area contributed by atoms with Crippen LogP contribution in [0.15, 0.2) is 0 Å². The quantitative estimate of drug-likeness (QED) is 0.396. The summed E-state index contributed by atoms with van der Waals surface area (Å²) in [5, 5.41) is 0. The summed E-state index contributed by atoms with van der Waals surface area (Å²) in [6, 6.07) is 0. The monoisotopic (exact) mass is 104 g/mol. The van der Waals surface area contributed by atoms with E-state index < -0.39 is 8.59 Å². The topological polar surface area (TPSA) is 0 Å². The molecule has 6 heavy (non-hydrogen) atoms. The third kappa shape index (κ3) is 299. The van der Waals surface area contributed by atoms with Crippen molar-refractivity contribution in [1.82, 2.24) is 0 Å². The van der Waals surface area contributed by atoms with Gasteiger partial charge in [0.15, 0.2) is 0 Å². The van der Waals surface area contributed by atoms with Crippen molar-refractivity contribution >= 4 is 15.3 Å². The van der Waals surface area contributed by atoms with Gasteiger partial charge in [-0.2, -0.15) is 0 Å². The summed E-state index contributed by atoms with van der Waals surface area (Å²) in [5.41, 5.74) is 0. The molecule has 0 amide bonds. The van der Waals surface area contributed by atoms with E-state index in [4.69, 9.17) is 0 Å². The number of hydrogen-bond acceptors (Lipinski definition) is 0. The summed E-state index contributed by atoms with van der Waals surface area (Å²) < 4.78 is 0. The first-order valence-corrected chi connectivity index (χ1v) is 5.77. The standard InChI is InChI=1S/C4H13BS/c1-6(2,3,4)5/h5H,1-4H3. The van der Waals surface area contributed by atoms with E-state index in [1.165, 1.54) is 0 Å². The third-order valence-electron chi connectivity index (χ3n) is 0. The molecule has 0 N–H and O–H groups in total. The van der Waals surface area contributed by atoms with Gasteiger partial charge in [-0.1, -0.05) is 0 Å². The van der Waals surface area contributed by atoms with Gasteiger partial charge in [0.2, 0.25) is 0 Å². The summed E-state index contributed by atoms with van der Waals surface area (Å²) in [7, 11) is -1.10. The van der Waals surface area contributed by atoms with Crippen LogP contribution in [0, 0.1) is 0 Å². The van der Waals surface area contributed by atoms with E-state index in [-0.39, 0.29) is 0 Å².